The molecule has 0 spiro atoms. The van der Waals surface area contributed by atoms with E-state index < -0.39 is 0 Å². The first-order valence-electron chi connectivity index (χ1n) is 7.86. The molecule has 0 radical (unpaired) electrons. The molecule has 0 amide bonds. The van der Waals surface area contributed by atoms with Crippen molar-refractivity contribution in [3.8, 4) is 6.07 Å². The molecular weight excluding hydrogens is 286 g/mol. The van der Waals surface area contributed by atoms with Crippen LogP contribution >= 0.6 is 0 Å². The summed E-state index contributed by atoms with van der Waals surface area (Å²) < 4.78 is 0. The third-order valence-electron chi connectivity index (χ3n) is 4.58. The largest absolute Gasteiger partial charge is 0.363 e. The predicted octanol–water partition coefficient (Wildman–Crippen LogP) is 2.60. The Hall–Kier alpha value is -2.61. The first kappa shape index (κ1) is 15.3. The Morgan fingerprint density at radius 1 is 1.13 bits per heavy atom. The molecule has 5 heteroatoms. The smallest absolute Gasteiger partial charge is 0.134 e. The lowest BCUT2D eigenvalue weighted by Crippen LogP contribution is -2.42. The minimum atomic E-state index is -0.380. The maximum atomic E-state index is 9.77. The van der Waals surface area contributed by atoms with Crippen molar-refractivity contribution in [2.75, 3.05) is 37.0 Å². The third kappa shape index (κ3) is 2.98. The van der Waals surface area contributed by atoms with Crippen LogP contribution in [0.4, 0.5) is 11.6 Å². The molecule has 0 aliphatic carbocycles. The molecule has 1 aliphatic rings. The summed E-state index contributed by atoms with van der Waals surface area (Å²) in [7, 11) is 3.94. The van der Waals surface area contributed by atoms with E-state index in [1.54, 1.807) is 6.33 Å². The summed E-state index contributed by atoms with van der Waals surface area (Å²) in [6.45, 7) is 1.65. The van der Waals surface area contributed by atoms with Crippen molar-refractivity contribution in [2.45, 2.75) is 18.3 Å². The lowest BCUT2D eigenvalue weighted by atomic mass is 9.74. The molecule has 0 saturated carbocycles. The van der Waals surface area contributed by atoms with Gasteiger partial charge in [-0.3, -0.25) is 0 Å². The molecule has 0 N–H and O–H groups in total. The van der Waals surface area contributed by atoms with Crippen molar-refractivity contribution < 1.29 is 0 Å². The molecule has 0 unspecified atom stereocenters. The van der Waals surface area contributed by atoms with Crippen LogP contribution in [0.3, 0.4) is 0 Å². The number of rotatable bonds is 3. The van der Waals surface area contributed by atoms with Gasteiger partial charge in [0.25, 0.3) is 0 Å². The number of hydrogen-bond donors (Lipinski definition) is 0. The average molecular weight is 307 g/mol. The van der Waals surface area contributed by atoms with Crippen LogP contribution in [0.2, 0.25) is 0 Å². The summed E-state index contributed by atoms with van der Waals surface area (Å²) in [6, 6.07) is 14.7. The number of piperidine rings is 1. The van der Waals surface area contributed by atoms with Gasteiger partial charge in [0, 0.05) is 33.3 Å². The van der Waals surface area contributed by atoms with Crippen molar-refractivity contribution in [2.24, 2.45) is 0 Å². The summed E-state index contributed by atoms with van der Waals surface area (Å²) in [5.41, 5.74) is 0.744. The molecule has 1 aromatic carbocycles. The number of anilines is 2. The second-order valence-corrected chi connectivity index (χ2v) is 6.18. The van der Waals surface area contributed by atoms with Crippen LogP contribution in [0, 0.1) is 11.3 Å². The topological polar surface area (TPSA) is 56.0 Å². The fraction of sp³-hybridized carbons (Fsp3) is 0.389. The Bertz CT molecular complexity index is 697. The van der Waals surface area contributed by atoms with E-state index in [0.29, 0.717) is 0 Å². The highest BCUT2D eigenvalue weighted by atomic mass is 15.2. The average Bonchev–Trinajstić information content (AvgIpc) is 2.62. The second kappa shape index (κ2) is 6.25. The van der Waals surface area contributed by atoms with Gasteiger partial charge in [0.1, 0.15) is 18.0 Å². The van der Waals surface area contributed by atoms with Crippen LogP contribution in [0.5, 0.6) is 0 Å². The first-order valence-corrected chi connectivity index (χ1v) is 7.86. The van der Waals surface area contributed by atoms with E-state index in [0.717, 1.165) is 43.1 Å². The van der Waals surface area contributed by atoms with Gasteiger partial charge in [-0.15, -0.1) is 0 Å². The molecule has 5 nitrogen and oxygen atoms in total. The predicted molar refractivity (Wildman–Crippen MR) is 91.5 cm³/mol. The molecule has 2 heterocycles. The molecule has 1 aromatic heterocycles. The standard InChI is InChI=1S/C18H21N5/c1-22(2)16-12-17(21-14-20-16)23-10-8-18(13-19,9-11-23)15-6-4-3-5-7-15/h3-7,12,14H,8-11H2,1-2H3. The zero-order valence-electron chi connectivity index (χ0n) is 13.6. The summed E-state index contributed by atoms with van der Waals surface area (Å²) in [4.78, 5) is 12.9. The quantitative estimate of drug-likeness (QED) is 0.872. The fourth-order valence-electron chi connectivity index (χ4n) is 3.09. The van der Waals surface area contributed by atoms with Crippen molar-refractivity contribution in [3.05, 3.63) is 48.3 Å². The van der Waals surface area contributed by atoms with E-state index in [9.17, 15) is 5.26 Å². The Kier molecular flexibility index (Phi) is 4.16. The summed E-state index contributed by atoms with van der Waals surface area (Å²) in [6.07, 6.45) is 3.23. The Labute approximate surface area is 137 Å². The van der Waals surface area contributed by atoms with E-state index in [4.69, 9.17) is 0 Å². The zero-order valence-corrected chi connectivity index (χ0v) is 13.6. The van der Waals surface area contributed by atoms with Crippen LogP contribution < -0.4 is 9.80 Å². The van der Waals surface area contributed by atoms with Gasteiger partial charge in [0.05, 0.1) is 11.5 Å². The van der Waals surface area contributed by atoms with Gasteiger partial charge in [-0.1, -0.05) is 30.3 Å². The lowest BCUT2D eigenvalue weighted by molar-refractivity contribution is 0.414. The highest BCUT2D eigenvalue weighted by Gasteiger charge is 2.36. The second-order valence-electron chi connectivity index (χ2n) is 6.18. The summed E-state index contributed by atoms with van der Waals surface area (Å²) in [5.74, 6) is 1.83. The van der Waals surface area contributed by atoms with Gasteiger partial charge < -0.3 is 9.80 Å². The SMILES string of the molecule is CN(C)c1cc(N2CCC(C#N)(c3ccccc3)CC2)ncn1. The highest BCUT2D eigenvalue weighted by molar-refractivity contribution is 5.50. The van der Waals surface area contributed by atoms with Crippen molar-refractivity contribution >= 4 is 11.6 Å². The molecular formula is C18H21N5. The normalized spacial score (nSPS) is 16.7. The molecule has 1 saturated heterocycles. The molecule has 1 fully saturated rings. The summed E-state index contributed by atoms with van der Waals surface area (Å²) >= 11 is 0. The van der Waals surface area contributed by atoms with Crippen LogP contribution in [-0.2, 0) is 5.41 Å². The van der Waals surface area contributed by atoms with E-state index in [2.05, 4.69) is 33.1 Å². The van der Waals surface area contributed by atoms with Gasteiger partial charge >= 0.3 is 0 Å². The van der Waals surface area contributed by atoms with Gasteiger partial charge in [0.2, 0.25) is 0 Å². The maximum absolute atomic E-state index is 9.77. The number of nitrogens with zero attached hydrogens (tertiary/aromatic N) is 5. The Morgan fingerprint density at radius 3 is 2.43 bits per heavy atom. The molecule has 0 atom stereocenters. The van der Waals surface area contributed by atoms with Crippen LogP contribution in [-0.4, -0.2) is 37.2 Å². The van der Waals surface area contributed by atoms with Crippen LogP contribution in [0.25, 0.3) is 0 Å². The molecule has 23 heavy (non-hydrogen) atoms. The zero-order chi connectivity index (χ0) is 16.3. The number of benzene rings is 1. The monoisotopic (exact) mass is 307 g/mol. The Balaban J connectivity index is 1.78. The van der Waals surface area contributed by atoms with E-state index in [1.807, 2.05) is 43.3 Å². The van der Waals surface area contributed by atoms with E-state index in [-0.39, 0.29) is 5.41 Å². The number of aromatic nitrogens is 2. The molecule has 118 valence electrons. The molecule has 0 bridgehead atoms. The lowest BCUT2D eigenvalue weighted by Gasteiger charge is -2.38. The van der Waals surface area contributed by atoms with Gasteiger partial charge in [-0.25, -0.2) is 9.97 Å². The maximum Gasteiger partial charge on any atom is 0.134 e. The third-order valence-corrected chi connectivity index (χ3v) is 4.58. The fourth-order valence-corrected chi connectivity index (χ4v) is 3.09. The first-order chi connectivity index (χ1) is 11.1. The van der Waals surface area contributed by atoms with Crippen molar-refractivity contribution in [3.63, 3.8) is 0 Å². The molecule has 3 rings (SSSR count). The van der Waals surface area contributed by atoms with E-state index >= 15 is 0 Å². The van der Waals surface area contributed by atoms with Gasteiger partial charge in [-0.05, 0) is 18.4 Å². The van der Waals surface area contributed by atoms with Crippen molar-refractivity contribution in [1.82, 2.24) is 9.97 Å². The number of nitriles is 1. The molecule has 1 aliphatic heterocycles. The van der Waals surface area contributed by atoms with E-state index in [1.165, 1.54) is 0 Å². The highest BCUT2D eigenvalue weighted by Crippen LogP contribution is 2.36. The minimum Gasteiger partial charge on any atom is -0.363 e. The van der Waals surface area contributed by atoms with Crippen molar-refractivity contribution in [1.29, 1.82) is 5.26 Å². The van der Waals surface area contributed by atoms with Crippen LogP contribution in [0.1, 0.15) is 18.4 Å². The van der Waals surface area contributed by atoms with Gasteiger partial charge in [-0.2, -0.15) is 5.26 Å². The minimum absolute atomic E-state index is 0.380. The Morgan fingerprint density at radius 2 is 1.83 bits per heavy atom. The van der Waals surface area contributed by atoms with Gasteiger partial charge in [0.15, 0.2) is 0 Å². The number of hydrogen-bond acceptors (Lipinski definition) is 5. The summed E-state index contributed by atoms with van der Waals surface area (Å²) in [5, 5.41) is 9.77. The van der Waals surface area contributed by atoms with Crippen LogP contribution in [0.15, 0.2) is 42.7 Å². The molecule has 2 aromatic rings.